The number of nitrogen functional groups attached to an aromatic ring is 1. The quantitative estimate of drug-likeness (QED) is 0.724. The van der Waals surface area contributed by atoms with Crippen LogP contribution in [0, 0.1) is 5.92 Å². The average molecular weight is 280 g/mol. The summed E-state index contributed by atoms with van der Waals surface area (Å²) in [4.78, 5) is 36.1. The van der Waals surface area contributed by atoms with Crippen LogP contribution in [0.25, 0.3) is 0 Å². The molecule has 1 heterocycles. The fourth-order valence-electron chi connectivity index (χ4n) is 1.80. The van der Waals surface area contributed by atoms with Gasteiger partial charge in [0.1, 0.15) is 6.54 Å². The van der Waals surface area contributed by atoms with E-state index in [2.05, 4.69) is 0 Å². The van der Waals surface area contributed by atoms with Gasteiger partial charge in [-0.05, 0) is 12.0 Å². The normalized spacial score (nSPS) is 10.6. The second-order valence-corrected chi connectivity index (χ2v) is 5.06. The highest BCUT2D eigenvalue weighted by Crippen LogP contribution is 2.02. The number of carbonyl (C=O) groups excluding carboxylic acids is 2. The minimum atomic E-state index is -0.584. The van der Waals surface area contributed by atoms with Gasteiger partial charge < -0.3 is 20.9 Å². The number of hydrogen-bond acceptors (Lipinski definition) is 4. The second kappa shape index (κ2) is 6.74. The summed E-state index contributed by atoms with van der Waals surface area (Å²) in [5, 5.41) is 0. The van der Waals surface area contributed by atoms with Crippen LogP contribution in [0.4, 0.5) is 5.69 Å². The third kappa shape index (κ3) is 4.75. The number of nitrogens with two attached hydrogens (primary N) is 2. The van der Waals surface area contributed by atoms with Crippen molar-refractivity contribution in [3.63, 3.8) is 0 Å². The number of amides is 2. The predicted molar refractivity (Wildman–Crippen MR) is 75.7 cm³/mol. The Morgan fingerprint density at radius 3 is 2.55 bits per heavy atom. The van der Waals surface area contributed by atoms with Crippen molar-refractivity contribution in [3.8, 4) is 0 Å². The van der Waals surface area contributed by atoms with Crippen LogP contribution in [0.1, 0.15) is 13.8 Å². The number of pyridine rings is 1. The zero-order chi connectivity index (χ0) is 15.3. The van der Waals surface area contributed by atoms with E-state index in [1.165, 1.54) is 27.8 Å². The largest absolute Gasteiger partial charge is 0.398 e. The highest BCUT2D eigenvalue weighted by Gasteiger charge is 2.17. The van der Waals surface area contributed by atoms with Gasteiger partial charge in [0.25, 0.3) is 5.56 Å². The Bertz CT molecular complexity index is 551. The molecule has 1 aromatic rings. The van der Waals surface area contributed by atoms with Gasteiger partial charge in [-0.3, -0.25) is 14.4 Å². The van der Waals surface area contributed by atoms with Crippen molar-refractivity contribution in [1.29, 1.82) is 0 Å². The summed E-state index contributed by atoms with van der Waals surface area (Å²) in [6.07, 6.45) is 1.40. The molecular formula is C13H20N4O3. The van der Waals surface area contributed by atoms with Crippen LogP contribution in [0.2, 0.25) is 0 Å². The molecule has 0 spiro atoms. The topological polar surface area (TPSA) is 111 Å². The van der Waals surface area contributed by atoms with E-state index >= 15 is 0 Å². The van der Waals surface area contributed by atoms with Crippen molar-refractivity contribution >= 4 is 17.5 Å². The van der Waals surface area contributed by atoms with E-state index in [9.17, 15) is 14.4 Å². The van der Waals surface area contributed by atoms with Crippen molar-refractivity contribution in [2.45, 2.75) is 20.4 Å². The molecule has 7 nitrogen and oxygen atoms in total. The molecule has 1 rings (SSSR count). The molecule has 1 aromatic heterocycles. The van der Waals surface area contributed by atoms with Gasteiger partial charge in [0, 0.05) is 24.5 Å². The van der Waals surface area contributed by atoms with E-state index in [0.717, 1.165) is 0 Å². The smallest absolute Gasteiger partial charge is 0.251 e. The first-order valence-electron chi connectivity index (χ1n) is 6.31. The Balaban J connectivity index is 2.87. The van der Waals surface area contributed by atoms with Crippen LogP contribution in [-0.4, -0.2) is 34.4 Å². The van der Waals surface area contributed by atoms with Gasteiger partial charge in [-0.2, -0.15) is 0 Å². The molecule has 0 aromatic carbocycles. The van der Waals surface area contributed by atoms with Crippen molar-refractivity contribution in [2.24, 2.45) is 11.7 Å². The SMILES string of the molecule is CC(C)CN(CC(N)=O)C(=O)Cn1cc(N)ccc1=O. The highest BCUT2D eigenvalue weighted by atomic mass is 16.2. The number of rotatable bonds is 6. The molecule has 0 saturated carbocycles. The Kier molecular flexibility index (Phi) is 5.31. The first-order valence-corrected chi connectivity index (χ1v) is 6.31. The minimum Gasteiger partial charge on any atom is -0.398 e. The number of aromatic nitrogens is 1. The molecule has 110 valence electrons. The lowest BCUT2D eigenvalue weighted by molar-refractivity contribution is -0.136. The van der Waals surface area contributed by atoms with Crippen LogP contribution in [-0.2, 0) is 16.1 Å². The summed E-state index contributed by atoms with van der Waals surface area (Å²) in [5.41, 5.74) is 10.8. The molecule has 0 radical (unpaired) electrons. The maximum atomic E-state index is 12.2. The fourth-order valence-corrected chi connectivity index (χ4v) is 1.80. The molecule has 4 N–H and O–H groups in total. The summed E-state index contributed by atoms with van der Waals surface area (Å²) in [6, 6.07) is 2.77. The van der Waals surface area contributed by atoms with Crippen LogP contribution >= 0.6 is 0 Å². The molecule has 0 saturated heterocycles. The molecule has 0 atom stereocenters. The van der Waals surface area contributed by atoms with Crippen LogP contribution < -0.4 is 17.0 Å². The Hall–Kier alpha value is -2.31. The van der Waals surface area contributed by atoms with E-state index in [0.29, 0.717) is 12.2 Å². The van der Waals surface area contributed by atoms with E-state index in [1.54, 1.807) is 0 Å². The van der Waals surface area contributed by atoms with Crippen LogP contribution in [0.5, 0.6) is 0 Å². The number of hydrogen-bond donors (Lipinski definition) is 2. The average Bonchev–Trinajstić information content (AvgIpc) is 2.31. The lowest BCUT2D eigenvalue weighted by Gasteiger charge is -2.23. The summed E-state index contributed by atoms with van der Waals surface area (Å²) in [7, 11) is 0. The zero-order valence-electron chi connectivity index (χ0n) is 11.7. The minimum absolute atomic E-state index is 0.159. The van der Waals surface area contributed by atoms with E-state index in [1.807, 2.05) is 13.8 Å². The Morgan fingerprint density at radius 2 is 2.00 bits per heavy atom. The predicted octanol–water partition coefficient (Wildman–Crippen LogP) is -0.600. The third-order valence-electron chi connectivity index (χ3n) is 2.60. The molecule has 20 heavy (non-hydrogen) atoms. The van der Waals surface area contributed by atoms with Crippen molar-refractivity contribution < 1.29 is 9.59 Å². The monoisotopic (exact) mass is 280 g/mol. The van der Waals surface area contributed by atoms with Gasteiger partial charge in [0.05, 0.1) is 6.54 Å². The van der Waals surface area contributed by atoms with Gasteiger partial charge in [-0.25, -0.2) is 0 Å². The molecule has 0 unspecified atom stereocenters. The third-order valence-corrected chi connectivity index (χ3v) is 2.60. The van der Waals surface area contributed by atoms with Crippen LogP contribution in [0.15, 0.2) is 23.1 Å². The summed E-state index contributed by atoms with van der Waals surface area (Å²) >= 11 is 0. The Labute approximate surface area is 117 Å². The second-order valence-electron chi connectivity index (χ2n) is 5.06. The first kappa shape index (κ1) is 15.7. The van der Waals surface area contributed by atoms with Gasteiger partial charge in [0.15, 0.2) is 0 Å². The summed E-state index contributed by atoms with van der Waals surface area (Å²) in [6.45, 7) is 3.93. The van der Waals surface area contributed by atoms with Gasteiger partial charge in [0.2, 0.25) is 11.8 Å². The molecule has 0 aliphatic carbocycles. The molecule has 0 fully saturated rings. The molecule has 2 amide bonds. The fraction of sp³-hybridized carbons (Fsp3) is 0.462. The van der Waals surface area contributed by atoms with Crippen molar-refractivity contribution in [2.75, 3.05) is 18.8 Å². The lowest BCUT2D eigenvalue weighted by Crippen LogP contribution is -2.43. The molecular weight excluding hydrogens is 260 g/mol. The summed E-state index contributed by atoms with van der Waals surface area (Å²) < 4.78 is 1.21. The Morgan fingerprint density at radius 1 is 1.35 bits per heavy atom. The molecule has 7 heteroatoms. The zero-order valence-corrected chi connectivity index (χ0v) is 11.7. The molecule has 0 aliphatic rings. The number of carbonyl (C=O) groups is 2. The highest BCUT2D eigenvalue weighted by molar-refractivity contribution is 5.83. The van der Waals surface area contributed by atoms with E-state index < -0.39 is 5.91 Å². The van der Waals surface area contributed by atoms with E-state index in [-0.39, 0.29) is 30.5 Å². The van der Waals surface area contributed by atoms with E-state index in [4.69, 9.17) is 11.5 Å². The molecule has 0 bridgehead atoms. The first-order chi connectivity index (χ1) is 9.29. The van der Waals surface area contributed by atoms with Crippen molar-refractivity contribution in [3.05, 3.63) is 28.7 Å². The maximum Gasteiger partial charge on any atom is 0.251 e. The number of nitrogens with zero attached hydrogens (tertiary/aromatic N) is 2. The number of primary amides is 1. The number of anilines is 1. The lowest BCUT2D eigenvalue weighted by atomic mass is 10.2. The van der Waals surface area contributed by atoms with Crippen LogP contribution in [0.3, 0.4) is 0 Å². The summed E-state index contributed by atoms with van der Waals surface area (Å²) in [5.74, 6) is -0.736. The van der Waals surface area contributed by atoms with Gasteiger partial charge >= 0.3 is 0 Å². The van der Waals surface area contributed by atoms with Crippen molar-refractivity contribution in [1.82, 2.24) is 9.47 Å². The maximum absolute atomic E-state index is 12.2. The van der Waals surface area contributed by atoms with Gasteiger partial charge in [-0.15, -0.1) is 0 Å². The standard InChI is InChI=1S/C13H20N4O3/c1-9(2)5-16(7-11(15)18)13(20)8-17-6-10(14)3-4-12(17)19/h3-4,6,9H,5,7-8,14H2,1-2H3,(H2,15,18). The molecule has 0 aliphatic heterocycles. The van der Waals surface area contributed by atoms with Gasteiger partial charge in [-0.1, -0.05) is 13.8 Å².